The Kier molecular flexibility index (Phi) is 3.76. The second-order valence-corrected chi connectivity index (χ2v) is 4.80. The van der Waals surface area contributed by atoms with E-state index < -0.39 is 0 Å². The summed E-state index contributed by atoms with van der Waals surface area (Å²) in [6.07, 6.45) is 3.68. The summed E-state index contributed by atoms with van der Waals surface area (Å²) in [6, 6.07) is 5.46. The first kappa shape index (κ1) is 13.4. The van der Waals surface area contributed by atoms with Crippen LogP contribution < -0.4 is 10.6 Å². The number of hydrogen-bond donors (Lipinski definition) is 2. The zero-order valence-electron chi connectivity index (χ0n) is 10.9. The topological polar surface area (TPSA) is 70.9 Å². The Balaban J connectivity index is 2.20. The molecule has 1 heterocycles. The van der Waals surface area contributed by atoms with Crippen molar-refractivity contribution >= 4 is 23.1 Å². The summed E-state index contributed by atoms with van der Waals surface area (Å²) < 4.78 is 1.97. The quantitative estimate of drug-likeness (QED) is 0.663. The Morgan fingerprint density at radius 1 is 1.53 bits per heavy atom. The van der Waals surface area contributed by atoms with E-state index in [9.17, 15) is 0 Å². The SMILES string of the molecule is CN(Cc1nccn1C)c1ccc(C(=N)N)c(Cl)c1. The molecular formula is C13H16ClN5. The van der Waals surface area contributed by atoms with Crippen molar-refractivity contribution < 1.29 is 0 Å². The number of hydrogen-bond acceptors (Lipinski definition) is 3. The summed E-state index contributed by atoms with van der Waals surface area (Å²) in [5.41, 5.74) is 6.95. The van der Waals surface area contributed by atoms with Crippen molar-refractivity contribution in [2.75, 3.05) is 11.9 Å². The van der Waals surface area contributed by atoms with E-state index in [1.165, 1.54) is 0 Å². The van der Waals surface area contributed by atoms with Gasteiger partial charge in [-0.2, -0.15) is 0 Å². The van der Waals surface area contributed by atoms with Crippen molar-refractivity contribution in [1.29, 1.82) is 5.41 Å². The van der Waals surface area contributed by atoms with Gasteiger partial charge >= 0.3 is 0 Å². The summed E-state index contributed by atoms with van der Waals surface area (Å²) in [5.74, 6) is 0.942. The Hall–Kier alpha value is -2.01. The lowest BCUT2D eigenvalue weighted by Gasteiger charge is -2.19. The zero-order chi connectivity index (χ0) is 14.0. The number of amidine groups is 1. The number of imidazole rings is 1. The third-order valence-electron chi connectivity index (χ3n) is 2.98. The van der Waals surface area contributed by atoms with Crippen molar-refractivity contribution in [3.8, 4) is 0 Å². The first-order valence-corrected chi connectivity index (χ1v) is 6.18. The molecule has 1 aromatic carbocycles. The summed E-state index contributed by atoms with van der Waals surface area (Å²) in [7, 11) is 3.93. The average Bonchev–Trinajstić information content (AvgIpc) is 2.74. The molecule has 0 bridgehead atoms. The minimum atomic E-state index is -0.0247. The van der Waals surface area contributed by atoms with Crippen molar-refractivity contribution in [2.24, 2.45) is 12.8 Å². The average molecular weight is 278 g/mol. The van der Waals surface area contributed by atoms with Crippen LogP contribution in [0.4, 0.5) is 5.69 Å². The van der Waals surface area contributed by atoms with E-state index >= 15 is 0 Å². The van der Waals surface area contributed by atoms with Gasteiger partial charge in [0.1, 0.15) is 11.7 Å². The van der Waals surface area contributed by atoms with Gasteiger partial charge in [0.25, 0.3) is 0 Å². The molecule has 5 nitrogen and oxygen atoms in total. The zero-order valence-corrected chi connectivity index (χ0v) is 11.6. The first-order chi connectivity index (χ1) is 8.99. The molecule has 0 atom stereocenters. The van der Waals surface area contributed by atoms with Crippen LogP contribution in [0.5, 0.6) is 0 Å². The molecule has 0 fully saturated rings. The van der Waals surface area contributed by atoms with Gasteiger partial charge in [-0.3, -0.25) is 5.41 Å². The van der Waals surface area contributed by atoms with E-state index in [-0.39, 0.29) is 5.84 Å². The van der Waals surface area contributed by atoms with E-state index in [1.54, 1.807) is 18.3 Å². The molecule has 0 saturated heterocycles. The van der Waals surface area contributed by atoms with Crippen molar-refractivity contribution in [1.82, 2.24) is 9.55 Å². The fourth-order valence-corrected chi connectivity index (χ4v) is 2.09. The van der Waals surface area contributed by atoms with Crippen LogP contribution >= 0.6 is 11.6 Å². The van der Waals surface area contributed by atoms with Crippen LogP contribution in [0.3, 0.4) is 0 Å². The third-order valence-corrected chi connectivity index (χ3v) is 3.30. The fraction of sp³-hybridized carbons (Fsp3) is 0.231. The number of benzene rings is 1. The molecule has 0 spiro atoms. The van der Waals surface area contributed by atoms with E-state index in [1.807, 2.05) is 35.8 Å². The van der Waals surface area contributed by atoms with Crippen molar-refractivity contribution in [3.05, 3.63) is 47.0 Å². The minimum absolute atomic E-state index is 0.0247. The lowest BCUT2D eigenvalue weighted by atomic mass is 10.2. The van der Waals surface area contributed by atoms with Crippen LogP contribution in [0, 0.1) is 5.41 Å². The summed E-state index contributed by atoms with van der Waals surface area (Å²) >= 11 is 6.11. The van der Waals surface area contributed by atoms with Gasteiger partial charge in [-0.15, -0.1) is 0 Å². The lowest BCUT2D eigenvalue weighted by molar-refractivity contribution is 0.762. The molecule has 0 aliphatic heterocycles. The molecule has 0 aliphatic rings. The Bertz CT molecular complexity index is 605. The number of rotatable bonds is 4. The van der Waals surface area contributed by atoms with E-state index in [4.69, 9.17) is 22.7 Å². The maximum absolute atomic E-state index is 7.41. The fourth-order valence-electron chi connectivity index (χ4n) is 1.81. The molecule has 0 saturated carbocycles. The van der Waals surface area contributed by atoms with Crippen molar-refractivity contribution in [2.45, 2.75) is 6.54 Å². The monoisotopic (exact) mass is 277 g/mol. The number of nitrogen functional groups attached to an aromatic ring is 1. The van der Waals surface area contributed by atoms with Gasteiger partial charge in [-0.05, 0) is 18.2 Å². The predicted molar refractivity (Wildman–Crippen MR) is 77.8 cm³/mol. The predicted octanol–water partition coefficient (Wildman–Crippen LogP) is 1.99. The molecule has 6 heteroatoms. The maximum Gasteiger partial charge on any atom is 0.127 e. The van der Waals surface area contributed by atoms with Crippen LogP contribution in [0.15, 0.2) is 30.6 Å². The minimum Gasteiger partial charge on any atom is -0.384 e. The summed E-state index contributed by atoms with van der Waals surface area (Å²) in [5, 5.41) is 7.89. The van der Waals surface area contributed by atoms with Crippen LogP contribution in [0.1, 0.15) is 11.4 Å². The Morgan fingerprint density at radius 2 is 2.26 bits per heavy atom. The highest BCUT2D eigenvalue weighted by molar-refractivity contribution is 6.34. The molecule has 0 aliphatic carbocycles. The smallest absolute Gasteiger partial charge is 0.127 e. The number of nitrogens with zero attached hydrogens (tertiary/aromatic N) is 3. The highest BCUT2D eigenvalue weighted by Crippen LogP contribution is 2.23. The molecule has 19 heavy (non-hydrogen) atoms. The molecule has 100 valence electrons. The van der Waals surface area contributed by atoms with Gasteiger partial charge in [0.2, 0.25) is 0 Å². The number of nitrogens with one attached hydrogen (secondary N) is 1. The van der Waals surface area contributed by atoms with Crippen LogP contribution in [-0.2, 0) is 13.6 Å². The third kappa shape index (κ3) is 2.88. The number of aromatic nitrogens is 2. The summed E-state index contributed by atoms with van der Waals surface area (Å²) in [4.78, 5) is 6.32. The van der Waals surface area contributed by atoms with E-state index in [2.05, 4.69) is 4.98 Å². The largest absolute Gasteiger partial charge is 0.384 e. The Morgan fingerprint density at radius 3 is 2.79 bits per heavy atom. The normalized spacial score (nSPS) is 10.5. The van der Waals surface area contributed by atoms with Gasteiger partial charge in [0, 0.05) is 37.7 Å². The number of aryl methyl sites for hydroxylation is 1. The standard InChI is InChI=1S/C13H16ClN5/c1-18-6-5-17-12(18)8-19(2)9-3-4-10(13(15)16)11(14)7-9/h3-7H,8H2,1-2H3,(H3,15,16). The first-order valence-electron chi connectivity index (χ1n) is 5.80. The second-order valence-electron chi connectivity index (χ2n) is 4.39. The summed E-state index contributed by atoms with van der Waals surface area (Å²) in [6.45, 7) is 0.680. The van der Waals surface area contributed by atoms with Crippen LogP contribution in [0.2, 0.25) is 5.02 Å². The Labute approximate surface area is 117 Å². The second kappa shape index (κ2) is 5.32. The lowest BCUT2D eigenvalue weighted by Crippen LogP contribution is -2.19. The van der Waals surface area contributed by atoms with Gasteiger partial charge < -0.3 is 15.2 Å². The van der Waals surface area contributed by atoms with Crippen LogP contribution in [0.25, 0.3) is 0 Å². The maximum atomic E-state index is 7.41. The van der Waals surface area contributed by atoms with Gasteiger partial charge in [-0.25, -0.2) is 4.98 Å². The molecule has 2 aromatic rings. The van der Waals surface area contributed by atoms with Gasteiger partial charge in [0.05, 0.1) is 11.6 Å². The number of anilines is 1. The number of nitrogens with two attached hydrogens (primary N) is 1. The highest BCUT2D eigenvalue weighted by Gasteiger charge is 2.09. The molecule has 0 amide bonds. The highest BCUT2D eigenvalue weighted by atomic mass is 35.5. The van der Waals surface area contributed by atoms with Crippen molar-refractivity contribution in [3.63, 3.8) is 0 Å². The molecule has 0 radical (unpaired) electrons. The van der Waals surface area contributed by atoms with Crippen LogP contribution in [-0.4, -0.2) is 22.4 Å². The van der Waals surface area contributed by atoms with E-state index in [0.717, 1.165) is 11.5 Å². The molecule has 3 N–H and O–H groups in total. The molecular weight excluding hydrogens is 262 g/mol. The van der Waals surface area contributed by atoms with Gasteiger partial charge in [0.15, 0.2) is 0 Å². The number of halogens is 1. The molecule has 0 unspecified atom stereocenters. The molecule has 1 aromatic heterocycles. The van der Waals surface area contributed by atoms with Gasteiger partial charge in [-0.1, -0.05) is 11.6 Å². The molecule has 2 rings (SSSR count). The van der Waals surface area contributed by atoms with E-state index in [0.29, 0.717) is 17.1 Å².